The molecule has 1 N–H and O–H groups in total. The highest BCUT2D eigenvalue weighted by atomic mass is 32.2. The van der Waals surface area contributed by atoms with E-state index in [1.807, 2.05) is 0 Å². The fourth-order valence-electron chi connectivity index (χ4n) is 2.28. The Morgan fingerprint density at radius 1 is 1.12 bits per heavy atom. The van der Waals surface area contributed by atoms with Crippen LogP contribution in [0.3, 0.4) is 0 Å². The molecule has 0 saturated heterocycles. The average Bonchev–Trinajstić information content (AvgIpc) is 2.97. The minimum Gasteiger partial charge on any atom is -0.465 e. The van der Waals surface area contributed by atoms with Crippen molar-refractivity contribution in [3.63, 3.8) is 0 Å². The number of carbonyl (C=O) groups excluding carboxylic acids is 1. The first-order valence-corrected chi connectivity index (χ1v) is 9.21. The average molecular weight is 383 g/mol. The van der Waals surface area contributed by atoms with Gasteiger partial charge >= 0.3 is 5.97 Å². The summed E-state index contributed by atoms with van der Waals surface area (Å²) in [4.78, 5) is 11.6. The number of esters is 1. The second-order valence-electron chi connectivity index (χ2n) is 4.98. The van der Waals surface area contributed by atoms with E-state index < -0.39 is 27.6 Å². The lowest BCUT2D eigenvalue weighted by molar-refractivity contribution is 0.0602. The van der Waals surface area contributed by atoms with Gasteiger partial charge in [-0.05, 0) is 18.2 Å². The monoisotopic (exact) mass is 383 g/mol. The van der Waals surface area contributed by atoms with Crippen LogP contribution in [0.25, 0.3) is 10.1 Å². The van der Waals surface area contributed by atoms with E-state index in [0.29, 0.717) is 10.1 Å². The van der Waals surface area contributed by atoms with Gasteiger partial charge < -0.3 is 4.74 Å². The van der Waals surface area contributed by atoms with Crippen molar-refractivity contribution < 1.29 is 26.7 Å². The summed E-state index contributed by atoms with van der Waals surface area (Å²) in [7, 11) is -3.10. The quantitative estimate of drug-likeness (QED) is 0.696. The molecule has 0 fully saturated rings. The number of hydrogen-bond acceptors (Lipinski definition) is 5. The van der Waals surface area contributed by atoms with Crippen LogP contribution in [0.15, 0.2) is 47.4 Å². The van der Waals surface area contributed by atoms with Gasteiger partial charge in [0.2, 0.25) is 0 Å². The summed E-state index contributed by atoms with van der Waals surface area (Å²) in [5.41, 5.74) is -0.162. The second kappa shape index (κ2) is 6.41. The molecule has 0 aliphatic carbocycles. The molecule has 0 spiro atoms. The maximum Gasteiger partial charge on any atom is 0.349 e. The van der Waals surface area contributed by atoms with Gasteiger partial charge in [-0.25, -0.2) is 22.0 Å². The molecule has 130 valence electrons. The highest BCUT2D eigenvalue weighted by Crippen LogP contribution is 2.36. The van der Waals surface area contributed by atoms with Crippen molar-refractivity contribution in [2.45, 2.75) is 4.90 Å². The number of thiophene rings is 1. The minimum absolute atomic E-state index is 0.0983. The van der Waals surface area contributed by atoms with Crippen molar-refractivity contribution in [3.8, 4) is 0 Å². The summed E-state index contributed by atoms with van der Waals surface area (Å²) in [6.07, 6.45) is 0. The molecule has 2 aromatic carbocycles. The fraction of sp³-hybridized carbons (Fsp3) is 0.0625. The Morgan fingerprint density at radius 2 is 1.84 bits per heavy atom. The van der Waals surface area contributed by atoms with E-state index in [-0.39, 0.29) is 15.5 Å². The smallest absolute Gasteiger partial charge is 0.349 e. The van der Waals surface area contributed by atoms with E-state index in [1.165, 1.54) is 0 Å². The number of methoxy groups -OCH3 is 1. The fourth-order valence-corrected chi connectivity index (χ4v) is 5.15. The second-order valence-corrected chi connectivity index (χ2v) is 7.65. The third kappa shape index (κ3) is 3.20. The molecular formula is C16H11F2NO4S2. The lowest BCUT2D eigenvalue weighted by atomic mass is 10.2. The number of sulfonamides is 1. The molecule has 0 saturated carbocycles. The van der Waals surface area contributed by atoms with Crippen LogP contribution in [-0.4, -0.2) is 21.5 Å². The number of rotatable bonds is 4. The van der Waals surface area contributed by atoms with Crippen LogP contribution >= 0.6 is 11.3 Å². The van der Waals surface area contributed by atoms with Crippen LogP contribution in [0, 0.1) is 11.6 Å². The molecule has 3 rings (SSSR count). The van der Waals surface area contributed by atoms with Crippen molar-refractivity contribution in [1.82, 2.24) is 0 Å². The Labute approximate surface area is 145 Å². The van der Waals surface area contributed by atoms with Gasteiger partial charge in [0.25, 0.3) is 10.0 Å². The number of benzene rings is 2. The molecule has 1 aromatic heterocycles. The van der Waals surface area contributed by atoms with Crippen molar-refractivity contribution in [1.29, 1.82) is 0 Å². The van der Waals surface area contributed by atoms with E-state index >= 15 is 0 Å². The highest BCUT2D eigenvalue weighted by molar-refractivity contribution is 7.93. The van der Waals surface area contributed by atoms with E-state index in [4.69, 9.17) is 0 Å². The van der Waals surface area contributed by atoms with Crippen LogP contribution in [0.2, 0.25) is 0 Å². The number of fused-ring (bicyclic) bond motifs is 1. The first-order valence-electron chi connectivity index (χ1n) is 6.91. The predicted octanol–water partition coefficient (Wildman–Crippen LogP) is 3.77. The highest BCUT2D eigenvalue weighted by Gasteiger charge is 2.29. The molecular weight excluding hydrogens is 372 g/mol. The van der Waals surface area contributed by atoms with Crippen LogP contribution in [0.4, 0.5) is 14.5 Å². The van der Waals surface area contributed by atoms with Crippen molar-refractivity contribution in [2.24, 2.45) is 0 Å². The summed E-state index contributed by atoms with van der Waals surface area (Å²) in [6, 6.07) is 9.18. The molecule has 0 aliphatic rings. The maximum absolute atomic E-state index is 13.3. The number of hydrogen-bond donors (Lipinski definition) is 1. The van der Waals surface area contributed by atoms with Gasteiger partial charge in [-0.3, -0.25) is 4.72 Å². The van der Waals surface area contributed by atoms with E-state index in [1.54, 1.807) is 24.3 Å². The van der Waals surface area contributed by atoms with Gasteiger partial charge in [0.05, 0.1) is 12.8 Å². The summed E-state index contributed by atoms with van der Waals surface area (Å²) >= 11 is 0.972. The van der Waals surface area contributed by atoms with Crippen LogP contribution in [0.5, 0.6) is 0 Å². The molecule has 9 heteroatoms. The normalized spacial score (nSPS) is 11.5. The third-order valence-electron chi connectivity index (χ3n) is 3.36. The zero-order valence-corrected chi connectivity index (χ0v) is 14.4. The zero-order valence-electron chi connectivity index (χ0n) is 12.7. The van der Waals surface area contributed by atoms with E-state index in [9.17, 15) is 22.0 Å². The van der Waals surface area contributed by atoms with Gasteiger partial charge in [-0.2, -0.15) is 0 Å². The number of anilines is 1. The van der Waals surface area contributed by atoms with Crippen LogP contribution in [-0.2, 0) is 14.8 Å². The first-order chi connectivity index (χ1) is 11.8. The molecule has 0 amide bonds. The SMILES string of the molecule is COC(=O)c1sc2ccccc2c1S(=O)(=O)Nc1ccc(F)c(F)c1. The Morgan fingerprint density at radius 3 is 2.52 bits per heavy atom. The number of halogens is 2. The standard InChI is InChI=1S/C16H11F2NO4S2/c1-23-16(20)14-15(10-4-2-3-5-13(10)24-14)25(21,22)19-9-6-7-11(17)12(18)8-9/h2-8,19H,1H3. The van der Waals surface area contributed by atoms with Gasteiger partial charge in [0.1, 0.15) is 9.77 Å². The van der Waals surface area contributed by atoms with Gasteiger partial charge in [-0.1, -0.05) is 18.2 Å². The molecule has 3 aromatic rings. The van der Waals surface area contributed by atoms with E-state index in [2.05, 4.69) is 9.46 Å². The van der Waals surface area contributed by atoms with Gasteiger partial charge in [-0.15, -0.1) is 11.3 Å². The summed E-state index contributed by atoms with van der Waals surface area (Å²) in [5, 5.41) is 0.336. The van der Waals surface area contributed by atoms with Crippen molar-refractivity contribution >= 4 is 43.1 Å². The molecule has 0 aliphatic heterocycles. The molecule has 1 heterocycles. The topological polar surface area (TPSA) is 72.5 Å². The Hall–Kier alpha value is -2.52. The number of carbonyl (C=O) groups is 1. The van der Waals surface area contributed by atoms with Crippen molar-refractivity contribution in [2.75, 3.05) is 11.8 Å². The van der Waals surface area contributed by atoms with Crippen LogP contribution in [0.1, 0.15) is 9.67 Å². The summed E-state index contributed by atoms with van der Waals surface area (Å²) < 4.78 is 59.3. The predicted molar refractivity (Wildman–Crippen MR) is 90.3 cm³/mol. The third-order valence-corrected chi connectivity index (χ3v) is 6.11. The van der Waals surface area contributed by atoms with Gasteiger partial charge in [0.15, 0.2) is 11.6 Å². The Bertz CT molecular complexity index is 1080. The Balaban J connectivity index is 2.15. The molecule has 0 bridgehead atoms. The molecule has 0 unspecified atom stereocenters. The minimum atomic E-state index is -4.24. The van der Waals surface area contributed by atoms with Gasteiger partial charge in [0, 0.05) is 16.2 Å². The molecule has 0 radical (unpaired) electrons. The van der Waals surface area contributed by atoms with Crippen LogP contribution < -0.4 is 4.72 Å². The lowest BCUT2D eigenvalue weighted by Gasteiger charge is -2.09. The Kier molecular flexibility index (Phi) is 4.44. The van der Waals surface area contributed by atoms with E-state index in [0.717, 1.165) is 36.6 Å². The molecule has 25 heavy (non-hydrogen) atoms. The molecule has 0 atom stereocenters. The first kappa shape index (κ1) is 17.3. The summed E-state index contributed by atoms with van der Waals surface area (Å²) in [6.45, 7) is 0. The summed E-state index contributed by atoms with van der Waals surface area (Å²) in [5.74, 6) is -3.09. The van der Waals surface area contributed by atoms with Crippen molar-refractivity contribution in [3.05, 3.63) is 59.0 Å². The largest absolute Gasteiger partial charge is 0.465 e. The lowest BCUT2D eigenvalue weighted by Crippen LogP contribution is -2.16. The number of nitrogens with one attached hydrogen (secondary N) is 1. The maximum atomic E-state index is 13.3. The zero-order chi connectivity index (χ0) is 18.2. The molecule has 5 nitrogen and oxygen atoms in total. The number of ether oxygens (including phenoxy) is 1.